The van der Waals surface area contributed by atoms with Crippen LogP contribution in [0.2, 0.25) is 0 Å². The number of fused-ring (bicyclic) bond motifs is 3. The molecule has 0 saturated heterocycles. The molecule has 2 atom stereocenters. The van der Waals surface area contributed by atoms with E-state index in [0.29, 0.717) is 0 Å². The lowest BCUT2D eigenvalue weighted by molar-refractivity contribution is 0.208. The zero-order valence-electron chi connectivity index (χ0n) is 21.9. The molecule has 1 aliphatic carbocycles. The maximum absolute atomic E-state index is 6.51. The zero-order valence-corrected chi connectivity index (χ0v) is 21.9. The molecule has 1 heterocycles. The molecule has 0 bridgehead atoms. The SMILES string of the molecule is CC1(c2ccc(N(c3ccccc3)c3ccc(-c4ccccc4)cc3)cc2)C=CC=C2c3ccccc3OC21. The van der Waals surface area contributed by atoms with Crippen LogP contribution in [0.15, 0.2) is 152 Å². The number of ether oxygens (including phenoxy) is 1. The average molecular weight is 504 g/mol. The molecule has 2 nitrogen and oxygen atoms in total. The minimum atomic E-state index is -0.267. The minimum Gasteiger partial charge on any atom is -0.484 e. The van der Waals surface area contributed by atoms with Gasteiger partial charge in [-0.3, -0.25) is 0 Å². The van der Waals surface area contributed by atoms with Crippen LogP contribution in [0, 0.1) is 0 Å². The van der Waals surface area contributed by atoms with Gasteiger partial charge in [0.05, 0.1) is 5.41 Å². The number of nitrogens with zero attached hydrogens (tertiary/aromatic N) is 1. The van der Waals surface area contributed by atoms with Crippen molar-refractivity contribution in [1.29, 1.82) is 0 Å². The van der Waals surface area contributed by atoms with Crippen LogP contribution in [-0.4, -0.2) is 6.10 Å². The van der Waals surface area contributed by atoms with Gasteiger partial charge in [0.25, 0.3) is 0 Å². The van der Waals surface area contributed by atoms with Crippen molar-refractivity contribution in [1.82, 2.24) is 0 Å². The monoisotopic (exact) mass is 503 g/mol. The van der Waals surface area contributed by atoms with Crippen LogP contribution in [0.5, 0.6) is 5.75 Å². The lowest BCUT2D eigenvalue weighted by Crippen LogP contribution is -2.39. The summed E-state index contributed by atoms with van der Waals surface area (Å²) >= 11 is 0. The maximum Gasteiger partial charge on any atom is 0.137 e. The first kappa shape index (κ1) is 23.3. The molecule has 0 N–H and O–H groups in total. The Morgan fingerprint density at radius 3 is 1.87 bits per heavy atom. The first-order chi connectivity index (χ1) is 19.2. The fourth-order valence-corrected chi connectivity index (χ4v) is 5.88. The number of para-hydroxylation sites is 2. The van der Waals surface area contributed by atoms with E-state index in [1.807, 2.05) is 6.07 Å². The molecule has 188 valence electrons. The van der Waals surface area contributed by atoms with E-state index in [1.54, 1.807) is 0 Å². The summed E-state index contributed by atoms with van der Waals surface area (Å²) < 4.78 is 6.51. The van der Waals surface area contributed by atoms with Crippen LogP contribution >= 0.6 is 0 Å². The van der Waals surface area contributed by atoms with E-state index in [2.05, 4.69) is 157 Å². The van der Waals surface area contributed by atoms with Gasteiger partial charge in [0, 0.05) is 28.2 Å². The van der Waals surface area contributed by atoms with Crippen molar-refractivity contribution in [3.05, 3.63) is 163 Å². The number of hydrogen-bond acceptors (Lipinski definition) is 2. The summed E-state index contributed by atoms with van der Waals surface area (Å²) in [4.78, 5) is 2.31. The number of hydrogen-bond donors (Lipinski definition) is 0. The van der Waals surface area contributed by atoms with Crippen LogP contribution in [0.1, 0.15) is 18.1 Å². The van der Waals surface area contributed by atoms with Crippen molar-refractivity contribution in [3.63, 3.8) is 0 Å². The molecule has 0 spiro atoms. The normalized spacial score (nSPS) is 19.0. The molecule has 2 aliphatic rings. The molecule has 39 heavy (non-hydrogen) atoms. The molecule has 0 radical (unpaired) electrons. The van der Waals surface area contributed by atoms with Gasteiger partial charge in [0.1, 0.15) is 11.9 Å². The number of allylic oxidation sites excluding steroid dienone is 2. The van der Waals surface area contributed by atoms with Crippen molar-refractivity contribution in [3.8, 4) is 16.9 Å². The molecule has 0 amide bonds. The molecule has 2 heteroatoms. The Morgan fingerprint density at radius 2 is 1.15 bits per heavy atom. The lowest BCUT2D eigenvalue weighted by atomic mass is 9.72. The average Bonchev–Trinajstić information content (AvgIpc) is 3.40. The second kappa shape index (κ2) is 9.49. The fourth-order valence-electron chi connectivity index (χ4n) is 5.88. The summed E-state index contributed by atoms with van der Waals surface area (Å²) in [6.07, 6.45) is 6.61. The quantitative estimate of drug-likeness (QED) is 0.237. The predicted molar refractivity (Wildman–Crippen MR) is 162 cm³/mol. The standard InChI is InChI=1S/C37H29NO/c1-37(26-10-16-34-33-15-8-9-17-35(33)39-36(34)37)29-20-24-32(25-21-29)38(30-13-6-3-7-14-30)31-22-18-28(19-23-31)27-11-4-2-5-12-27/h2-26,36H,1H3. The largest absolute Gasteiger partial charge is 0.484 e. The fraction of sp³-hybridized carbons (Fsp3) is 0.0811. The minimum absolute atomic E-state index is 0.0403. The third-order valence-corrected chi connectivity index (χ3v) is 7.98. The van der Waals surface area contributed by atoms with Gasteiger partial charge in [-0.05, 0) is 66.1 Å². The Kier molecular flexibility index (Phi) is 5.67. The molecule has 2 unspecified atom stereocenters. The number of rotatable bonds is 5. The van der Waals surface area contributed by atoms with E-state index >= 15 is 0 Å². The second-order valence-corrected chi connectivity index (χ2v) is 10.4. The molecule has 1 aliphatic heterocycles. The van der Waals surface area contributed by atoms with Crippen LogP contribution in [0.3, 0.4) is 0 Å². The highest BCUT2D eigenvalue weighted by Crippen LogP contribution is 2.48. The van der Waals surface area contributed by atoms with E-state index in [9.17, 15) is 0 Å². The molecule has 0 aromatic heterocycles. The van der Waals surface area contributed by atoms with Gasteiger partial charge in [-0.15, -0.1) is 0 Å². The smallest absolute Gasteiger partial charge is 0.137 e. The van der Waals surface area contributed by atoms with Crippen molar-refractivity contribution < 1.29 is 4.74 Å². The van der Waals surface area contributed by atoms with E-state index in [1.165, 1.54) is 27.8 Å². The highest BCUT2D eigenvalue weighted by molar-refractivity contribution is 5.82. The van der Waals surface area contributed by atoms with Crippen LogP contribution < -0.4 is 9.64 Å². The summed E-state index contributed by atoms with van der Waals surface area (Å²) in [7, 11) is 0. The Bertz CT molecular complexity index is 1670. The molecular weight excluding hydrogens is 474 g/mol. The molecule has 5 aromatic rings. The van der Waals surface area contributed by atoms with Gasteiger partial charge in [0.2, 0.25) is 0 Å². The zero-order chi connectivity index (χ0) is 26.2. The van der Waals surface area contributed by atoms with Gasteiger partial charge in [0.15, 0.2) is 0 Å². The van der Waals surface area contributed by atoms with Crippen molar-refractivity contribution in [2.45, 2.75) is 18.4 Å². The Morgan fingerprint density at radius 1 is 0.590 bits per heavy atom. The third kappa shape index (κ3) is 4.06. The summed E-state index contributed by atoms with van der Waals surface area (Å²) in [5.41, 5.74) is 9.22. The highest BCUT2D eigenvalue weighted by atomic mass is 16.5. The molecule has 0 saturated carbocycles. The van der Waals surface area contributed by atoms with E-state index in [-0.39, 0.29) is 11.5 Å². The molecule has 0 fully saturated rings. The Balaban J connectivity index is 1.23. The third-order valence-electron chi connectivity index (χ3n) is 7.98. The predicted octanol–water partition coefficient (Wildman–Crippen LogP) is 9.50. The maximum atomic E-state index is 6.51. The van der Waals surface area contributed by atoms with E-state index < -0.39 is 0 Å². The Hall–Kier alpha value is -4.82. The van der Waals surface area contributed by atoms with Crippen molar-refractivity contribution >= 4 is 22.6 Å². The first-order valence-electron chi connectivity index (χ1n) is 13.5. The summed E-state index contributed by atoms with van der Waals surface area (Å²) in [6, 6.07) is 47.2. The van der Waals surface area contributed by atoms with Gasteiger partial charge < -0.3 is 9.64 Å². The summed E-state index contributed by atoms with van der Waals surface area (Å²) in [6.45, 7) is 2.28. The summed E-state index contributed by atoms with van der Waals surface area (Å²) in [5.74, 6) is 0.967. The van der Waals surface area contributed by atoms with Gasteiger partial charge in [-0.2, -0.15) is 0 Å². The highest BCUT2D eigenvalue weighted by Gasteiger charge is 2.44. The van der Waals surface area contributed by atoms with E-state index in [4.69, 9.17) is 4.74 Å². The van der Waals surface area contributed by atoms with Gasteiger partial charge in [-0.25, -0.2) is 0 Å². The first-order valence-corrected chi connectivity index (χ1v) is 13.5. The molecular formula is C37H29NO. The van der Waals surface area contributed by atoms with Crippen LogP contribution in [0.4, 0.5) is 17.1 Å². The molecule has 7 rings (SSSR count). The second-order valence-electron chi connectivity index (χ2n) is 10.4. The number of anilines is 3. The number of benzene rings is 5. The van der Waals surface area contributed by atoms with E-state index in [0.717, 1.165) is 22.8 Å². The van der Waals surface area contributed by atoms with Crippen molar-refractivity contribution in [2.24, 2.45) is 0 Å². The van der Waals surface area contributed by atoms with Crippen molar-refractivity contribution in [2.75, 3.05) is 4.90 Å². The summed E-state index contributed by atoms with van der Waals surface area (Å²) in [5, 5.41) is 0. The van der Waals surface area contributed by atoms with Crippen LogP contribution in [-0.2, 0) is 5.41 Å². The van der Waals surface area contributed by atoms with Gasteiger partial charge in [-0.1, -0.05) is 109 Å². The molecule has 5 aromatic carbocycles. The van der Waals surface area contributed by atoms with Gasteiger partial charge >= 0.3 is 0 Å². The van der Waals surface area contributed by atoms with Crippen LogP contribution in [0.25, 0.3) is 16.7 Å². The Labute approximate surface area is 230 Å². The topological polar surface area (TPSA) is 12.5 Å². The lowest BCUT2D eigenvalue weighted by Gasteiger charge is -2.36.